The van der Waals surface area contributed by atoms with Gasteiger partial charge >= 0.3 is 69.0 Å². The standard InChI is InChI=1S/C4H9O.2C2H4O2.C2H6.Zn/c1-4(2)3-5;2*1-2(3)4;1-2;/h4H,3H2,1-2H3;2*1H3,(H,3,4);1-2H3;/q-1;;;;+2/p-1. The molecular formula is C10H22O5Zn. The zero-order chi connectivity index (χ0) is 13.6. The number of hydrogen-bond acceptors (Lipinski definition) is 4. The van der Waals surface area contributed by atoms with Gasteiger partial charge in [-0.15, -0.1) is 0 Å². The summed E-state index contributed by atoms with van der Waals surface area (Å²) in [6, 6.07) is 0. The molecule has 0 aromatic rings. The number of carbonyl (C=O) groups excluding carboxylic acids is 1. The maximum atomic E-state index is 10.2. The third kappa shape index (κ3) is 49.8. The van der Waals surface area contributed by atoms with Gasteiger partial charge in [0.15, 0.2) is 0 Å². The molecule has 0 unspecified atom stereocenters. The van der Waals surface area contributed by atoms with E-state index in [2.05, 4.69) is 13.8 Å². The molecule has 0 spiro atoms. The maximum absolute atomic E-state index is 10.2. The fourth-order valence-electron chi connectivity index (χ4n) is 0.408. The average molecular weight is 288 g/mol. The van der Waals surface area contributed by atoms with E-state index in [9.17, 15) is 4.79 Å². The first-order chi connectivity index (χ1) is 7.36. The molecule has 94 valence electrons. The Hall–Kier alpha value is -0.477. The SMILES string of the molecule is CC.CC(=O)O.CC(=O)[O][Zn][O]CC(C)C. The van der Waals surface area contributed by atoms with Crippen molar-refractivity contribution in [1.82, 2.24) is 0 Å². The molecule has 0 aromatic heterocycles. The van der Waals surface area contributed by atoms with Crippen LogP contribution < -0.4 is 0 Å². The Bertz CT molecular complexity index is 167. The Labute approximate surface area is 106 Å². The van der Waals surface area contributed by atoms with E-state index in [0.29, 0.717) is 12.5 Å². The normalized spacial score (nSPS) is 7.69. The molecule has 0 aromatic carbocycles. The van der Waals surface area contributed by atoms with Crippen molar-refractivity contribution >= 4 is 11.9 Å². The minimum absolute atomic E-state index is 0.219. The van der Waals surface area contributed by atoms with E-state index in [4.69, 9.17) is 17.0 Å². The molecule has 0 aliphatic heterocycles. The van der Waals surface area contributed by atoms with Gasteiger partial charge in [0, 0.05) is 6.92 Å². The van der Waals surface area contributed by atoms with E-state index in [1.165, 1.54) is 6.92 Å². The molecule has 0 rings (SSSR count). The van der Waals surface area contributed by atoms with Crippen molar-refractivity contribution in [2.24, 2.45) is 5.92 Å². The van der Waals surface area contributed by atoms with Crippen LogP contribution in [0.4, 0.5) is 0 Å². The van der Waals surface area contributed by atoms with Gasteiger partial charge in [0.2, 0.25) is 0 Å². The second kappa shape index (κ2) is 16.9. The molecule has 0 radical (unpaired) electrons. The van der Waals surface area contributed by atoms with Crippen LogP contribution in [0.15, 0.2) is 0 Å². The molecule has 5 nitrogen and oxygen atoms in total. The van der Waals surface area contributed by atoms with E-state index in [0.717, 1.165) is 6.92 Å². The monoisotopic (exact) mass is 286 g/mol. The van der Waals surface area contributed by atoms with Crippen molar-refractivity contribution < 1.29 is 39.7 Å². The van der Waals surface area contributed by atoms with Crippen molar-refractivity contribution in [3.8, 4) is 0 Å². The molecule has 16 heavy (non-hydrogen) atoms. The summed E-state index contributed by atoms with van der Waals surface area (Å²) in [6.07, 6.45) is 0. The van der Waals surface area contributed by atoms with Crippen molar-refractivity contribution in [2.75, 3.05) is 6.61 Å². The van der Waals surface area contributed by atoms with E-state index in [1.807, 2.05) is 13.8 Å². The summed E-state index contributed by atoms with van der Waals surface area (Å²) in [5.41, 5.74) is 0. The van der Waals surface area contributed by atoms with Gasteiger partial charge in [0.25, 0.3) is 5.97 Å². The first-order valence-electron chi connectivity index (χ1n) is 5.26. The van der Waals surface area contributed by atoms with E-state index in [-0.39, 0.29) is 5.97 Å². The van der Waals surface area contributed by atoms with Crippen molar-refractivity contribution in [2.45, 2.75) is 41.5 Å². The van der Waals surface area contributed by atoms with Gasteiger partial charge in [0.1, 0.15) is 0 Å². The number of rotatable bonds is 4. The van der Waals surface area contributed by atoms with Gasteiger partial charge in [-0.25, -0.2) is 0 Å². The predicted octanol–water partition coefficient (Wildman–Crippen LogP) is 2.25. The Morgan fingerprint density at radius 1 is 1.25 bits per heavy atom. The van der Waals surface area contributed by atoms with Gasteiger partial charge in [-0.05, 0) is 0 Å². The number of carbonyl (C=O) groups is 2. The molecule has 0 fully saturated rings. The fourth-order valence-corrected chi connectivity index (χ4v) is 2.12. The van der Waals surface area contributed by atoms with E-state index < -0.39 is 23.8 Å². The van der Waals surface area contributed by atoms with Crippen LogP contribution in [0, 0.1) is 5.92 Å². The summed E-state index contributed by atoms with van der Waals surface area (Å²) in [5.74, 6) is -0.523. The van der Waals surface area contributed by atoms with Gasteiger partial charge in [-0.2, -0.15) is 0 Å². The number of hydrogen-bond donors (Lipinski definition) is 1. The molecule has 0 aliphatic rings. The third-order valence-corrected chi connectivity index (χ3v) is 2.74. The number of aliphatic carboxylic acids is 1. The predicted molar refractivity (Wildman–Crippen MR) is 57.2 cm³/mol. The first kappa shape index (κ1) is 20.9. The molecule has 0 saturated carbocycles. The van der Waals surface area contributed by atoms with Gasteiger partial charge < -0.3 is 5.11 Å². The molecule has 0 atom stereocenters. The van der Waals surface area contributed by atoms with E-state index in [1.54, 1.807) is 0 Å². The van der Waals surface area contributed by atoms with Crippen molar-refractivity contribution in [3.63, 3.8) is 0 Å². The molecule has 6 heteroatoms. The van der Waals surface area contributed by atoms with Crippen molar-refractivity contribution in [1.29, 1.82) is 0 Å². The Morgan fingerprint density at radius 3 is 1.88 bits per heavy atom. The van der Waals surface area contributed by atoms with Crippen LogP contribution in [0.1, 0.15) is 41.5 Å². The van der Waals surface area contributed by atoms with Crippen LogP contribution in [0.5, 0.6) is 0 Å². The Kier molecular flexibility index (Phi) is 22.1. The Balaban J connectivity index is -0.000000237. The third-order valence-electron chi connectivity index (χ3n) is 0.797. The van der Waals surface area contributed by atoms with Crippen LogP contribution in [-0.2, 0) is 34.6 Å². The van der Waals surface area contributed by atoms with Gasteiger partial charge in [-0.3, -0.25) is 4.79 Å². The van der Waals surface area contributed by atoms with Crippen molar-refractivity contribution in [3.05, 3.63) is 0 Å². The second-order valence-corrected chi connectivity index (χ2v) is 4.99. The fraction of sp³-hybridized carbons (Fsp3) is 0.800. The summed E-state index contributed by atoms with van der Waals surface area (Å²) in [5, 5.41) is 7.42. The zero-order valence-corrected chi connectivity index (χ0v) is 14.0. The van der Waals surface area contributed by atoms with Crippen LogP contribution in [0.25, 0.3) is 0 Å². The second-order valence-electron chi connectivity index (χ2n) is 3.04. The molecule has 0 bridgehead atoms. The van der Waals surface area contributed by atoms with Crippen LogP contribution >= 0.6 is 0 Å². The topological polar surface area (TPSA) is 72.8 Å². The zero-order valence-electron chi connectivity index (χ0n) is 11.1. The summed E-state index contributed by atoms with van der Waals surface area (Å²) >= 11 is -1.42. The summed E-state index contributed by atoms with van der Waals surface area (Å²) in [6.45, 7) is 11.3. The van der Waals surface area contributed by atoms with Crippen LogP contribution in [0.3, 0.4) is 0 Å². The number of carboxylic acid groups (broad SMARTS) is 1. The number of carboxylic acids is 1. The molecule has 0 amide bonds. The first-order valence-corrected chi connectivity index (χ1v) is 7.69. The minimum atomic E-state index is -1.42. The van der Waals surface area contributed by atoms with Gasteiger partial charge in [-0.1, -0.05) is 13.8 Å². The summed E-state index contributed by atoms with van der Waals surface area (Å²) < 4.78 is 9.87. The molecule has 1 N–H and O–H groups in total. The molecule has 0 saturated heterocycles. The quantitative estimate of drug-likeness (QED) is 0.634. The molecule has 0 aliphatic carbocycles. The van der Waals surface area contributed by atoms with E-state index >= 15 is 0 Å². The van der Waals surface area contributed by atoms with Crippen LogP contribution in [0.2, 0.25) is 0 Å². The summed E-state index contributed by atoms with van der Waals surface area (Å²) in [4.78, 5) is 19.2. The summed E-state index contributed by atoms with van der Waals surface area (Å²) in [7, 11) is 0. The van der Waals surface area contributed by atoms with Crippen LogP contribution in [-0.4, -0.2) is 23.7 Å². The molecule has 0 heterocycles. The average Bonchev–Trinajstić information content (AvgIpc) is 2.14. The Morgan fingerprint density at radius 2 is 1.62 bits per heavy atom. The van der Waals surface area contributed by atoms with Gasteiger partial charge in [0.05, 0.1) is 0 Å². The molecular weight excluding hydrogens is 265 g/mol.